The van der Waals surface area contributed by atoms with Gasteiger partial charge in [-0.05, 0) is 38.1 Å². The van der Waals surface area contributed by atoms with Crippen molar-refractivity contribution < 1.29 is 4.39 Å². The molecule has 0 aliphatic carbocycles. The average molecular weight is 341 g/mol. The van der Waals surface area contributed by atoms with E-state index in [-0.39, 0.29) is 11.9 Å². The van der Waals surface area contributed by atoms with Crippen LogP contribution in [-0.4, -0.2) is 22.0 Å². The molecular weight excluding hydrogens is 323 g/mol. The number of rotatable bonds is 5. The van der Waals surface area contributed by atoms with Crippen LogP contribution >= 0.6 is 15.9 Å². The van der Waals surface area contributed by atoms with E-state index in [4.69, 9.17) is 0 Å². The molecule has 0 saturated heterocycles. The van der Waals surface area contributed by atoms with Crippen molar-refractivity contribution in [3.8, 4) is 5.69 Å². The Morgan fingerprint density at radius 2 is 2.15 bits per heavy atom. The van der Waals surface area contributed by atoms with Crippen molar-refractivity contribution >= 4 is 15.9 Å². The van der Waals surface area contributed by atoms with Gasteiger partial charge >= 0.3 is 0 Å². The van der Waals surface area contributed by atoms with Gasteiger partial charge in [0.2, 0.25) is 0 Å². The third-order valence-electron chi connectivity index (χ3n) is 3.35. The van der Waals surface area contributed by atoms with Crippen LogP contribution in [0.25, 0.3) is 5.69 Å². The summed E-state index contributed by atoms with van der Waals surface area (Å²) in [5.74, 6) is -0.308. The number of hydrogen-bond donors (Lipinski definition) is 1. The molecule has 4 nitrogen and oxygen atoms in total. The molecule has 1 heterocycles. The standard InChI is InChI=1S/C14H18BrFN4/c1-4-11(17-3)14-12(5-2)20(19-18-14)13-8-9(15)6-7-10(13)16/h6-8,11,17H,4-5H2,1-3H3. The molecule has 6 heteroatoms. The Bertz CT molecular complexity index is 593. The topological polar surface area (TPSA) is 42.7 Å². The van der Waals surface area contributed by atoms with Crippen LogP contribution in [-0.2, 0) is 6.42 Å². The predicted octanol–water partition coefficient (Wildman–Crippen LogP) is 3.40. The first-order chi connectivity index (χ1) is 9.62. The largest absolute Gasteiger partial charge is 0.312 e. The van der Waals surface area contributed by atoms with E-state index in [0.29, 0.717) is 5.69 Å². The molecule has 1 aromatic heterocycles. The maximum atomic E-state index is 14.0. The van der Waals surface area contributed by atoms with Crippen molar-refractivity contribution in [2.45, 2.75) is 32.7 Å². The second-order valence-corrected chi connectivity index (χ2v) is 5.45. The fourth-order valence-electron chi connectivity index (χ4n) is 2.29. The van der Waals surface area contributed by atoms with Crippen molar-refractivity contribution in [1.29, 1.82) is 0 Å². The second-order valence-electron chi connectivity index (χ2n) is 4.53. The van der Waals surface area contributed by atoms with Crippen LogP contribution in [0.3, 0.4) is 0 Å². The molecule has 1 aromatic carbocycles. The molecule has 20 heavy (non-hydrogen) atoms. The Morgan fingerprint density at radius 1 is 1.40 bits per heavy atom. The number of nitrogens with zero attached hydrogens (tertiary/aromatic N) is 3. The molecule has 0 amide bonds. The normalized spacial score (nSPS) is 12.7. The van der Waals surface area contributed by atoms with Gasteiger partial charge in [-0.15, -0.1) is 5.10 Å². The van der Waals surface area contributed by atoms with Crippen LogP contribution < -0.4 is 5.32 Å². The zero-order valence-electron chi connectivity index (χ0n) is 11.8. The van der Waals surface area contributed by atoms with Crippen molar-refractivity contribution in [3.63, 3.8) is 0 Å². The highest BCUT2D eigenvalue weighted by atomic mass is 79.9. The Labute approximate surface area is 126 Å². The SMILES string of the molecule is CCc1c(C(CC)NC)nnn1-c1cc(Br)ccc1F. The molecule has 108 valence electrons. The number of hydrogen-bond acceptors (Lipinski definition) is 3. The number of aromatic nitrogens is 3. The van der Waals surface area contributed by atoms with E-state index >= 15 is 0 Å². The molecule has 1 N–H and O–H groups in total. The van der Waals surface area contributed by atoms with Crippen LogP contribution in [0.4, 0.5) is 4.39 Å². The molecule has 0 aliphatic rings. The molecule has 0 aliphatic heterocycles. The van der Waals surface area contributed by atoms with E-state index in [9.17, 15) is 4.39 Å². The first kappa shape index (κ1) is 15.1. The van der Waals surface area contributed by atoms with Gasteiger partial charge in [0.25, 0.3) is 0 Å². The van der Waals surface area contributed by atoms with Gasteiger partial charge in [-0.1, -0.05) is 35.0 Å². The maximum absolute atomic E-state index is 14.0. The third-order valence-corrected chi connectivity index (χ3v) is 3.84. The molecule has 0 saturated carbocycles. The minimum atomic E-state index is -0.308. The number of benzene rings is 1. The second kappa shape index (κ2) is 6.45. The Kier molecular flexibility index (Phi) is 4.88. The smallest absolute Gasteiger partial charge is 0.149 e. The highest BCUT2D eigenvalue weighted by molar-refractivity contribution is 9.10. The number of halogens is 2. The van der Waals surface area contributed by atoms with Crippen LogP contribution in [0.5, 0.6) is 0 Å². The Balaban J connectivity index is 2.55. The Morgan fingerprint density at radius 3 is 2.75 bits per heavy atom. The molecule has 2 aromatic rings. The van der Waals surface area contributed by atoms with E-state index in [0.717, 1.165) is 28.7 Å². The monoisotopic (exact) mass is 340 g/mol. The van der Waals surface area contributed by atoms with Crippen LogP contribution in [0.15, 0.2) is 22.7 Å². The van der Waals surface area contributed by atoms with E-state index in [1.165, 1.54) is 6.07 Å². The first-order valence-electron chi connectivity index (χ1n) is 6.69. The molecule has 0 fully saturated rings. The minimum Gasteiger partial charge on any atom is -0.312 e. The summed E-state index contributed by atoms with van der Waals surface area (Å²) in [5.41, 5.74) is 2.24. The molecule has 0 bridgehead atoms. The van der Waals surface area contributed by atoms with Gasteiger partial charge in [-0.3, -0.25) is 0 Å². The van der Waals surface area contributed by atoms with E-state index in [2.05, 4.69) is 38.5 Å². The Hall–Kier alpha value is -1.27. The van der Waals surface area contributed by atoms with Crippen molar-refractivity contribution in [3.05, 3.63) is 39.9 Å². The lowest BCUT2D eigenvalue weighted by molar-refractivity contribution is 0.555. The van der Waals surface area contributed by atoms with E-state index in [1.807, 2.05) is 14.0 Å². The molecule has 0 spiro atoms. The van der Waals surface area contributed by atoms with Crippen molar-refractivity contribution in [2.24, 2.45) is 0 Å². The van der Waals surface area contributed by atoms with Crippen LogP contribution in [0, 0.1) is 5.82 Å². The average Bonchev–Trinajstić information content (AvgIpc) is 2.86. The van der Waals surface area contributed by atoms with E-state index < -0.39 is 0 Å². The van der Waals surface area contributed by atoms with Gasteiger partial charge in [-0.2, -0.15) is 0 Å². The first-order valence-corrected chi connectivity index (χ1v) is 7.48. The molecule has 0 radical (unpaired) electrons. The van der Waals surface area contributed by atoms with Gasteiger partial charge < -0.3 is 5.32 Å². The fraction of sp³-hybridized carbons (Fsp3) is 0.429. The van der Waals surface area contributed by atoms with Gasteiger partial charge in [0.1, 0.15) is 17.2 Å². The zero-order chi connectivity index (χ0) is 14.7. The highest BCUT2D eigenvalue weighted by Crippen LogP contribution is 2.24. The lowest BCUT2D eigenvalue weighted by Gasteiger charge is -2.13. The lowest BCUT2D eigenvalue weighted by Crippen LogP contribution is -2.17. The molecular formula is C14H18BrFN4. The third kappa shape index (κ3) is 2.76. The molecule has 1 atom stereocenters. The summed E-state index contributed by atoms with van der Waals surface area (Å²) in [5, 5.41) is 11.6. The van der Waals surface area contributed by atoms with E-state index in [1.54, 1.807) is 16.8 Å². The minimum absolute atomic E-state index is 0.133. The van der Waals surface area contributed by atoms with Crippen LogP contribution in [0.1, 0.15) is 37.7 Å². The van der Waals surface area contributed by atoms with Crippen molar-refractivity contribution in [2.75, 3.05) is 7.05 Å². The van der Waals surface area contributed by atoms with Gasteiger partial charge in [-0.25, -0.2) is 9.07 Å². The number of nitrogens with one attached hydrogen (secondary N) is 1. The van der Waals surface area contributed by atoms with Crippen LogP contribution in [0.2, 0.25) is 0 Å². The zero-order valence-corrected chi connectivity index (χ0v) is 13.4. The maximum Gasteiger partial charge on any atom is 0.149 e. The highest BCUT2D eigenvalue weighted by Gasteiger charge is 2.20. The summed E-state index contributed by atoms with van der Waals surface area (Å²) < 4.78 is 16.4. The molecule has 1 unspecified atom stereocenters. The summed E-state index contributed by atoms with van der Waals surface area (Å²) in [6.07, 6.45) is 1.65. The summed E-state index contributed by atoms with van der Waals surface area (Å²) in [6.45, 7) is 4.11. The lowest BCUT2D eigenvalue weighted by atomic mass is 10.1. The fourth-order valence-corrected chi connectivity index (χ4v) is 2.64. The summed E-state index contributed by atoms with van der Waals surface area (Å²) in [7, 11) is 1.90. The summed E-state index contributed by atoms with van der Waals surface area (Å²) in [4.78, 5) is 0. The van der Waals surface area contributed by atoms with Gasteiger partial charge in [0.15, 0.2) is 0 Å². The van der Waals surface area contributed by atoms with Crippen molar-refractivity contribution in [1.82, 2.24) is 20.3 Å². The van der Waals surface area contributed by atoms with Gasteiger partial charge in [0, 0.05) is 4.47 Å². The van der Waals surface area contributed by atoms with Gasteiger partial charge in [0.05, 0.1) is 11.7 Å². The molecule has 2 rings (SSSR count). The quantitative estimate of drug-likeness (QED) is 0.906. The summed E-state index contributed by atoms with van der Waals surface area (Å²) >= 11 is 3.36. The summed E-state index contributed by atoms with van der Waals surface area (Å²) in [6, 6.07) is 4.95. The predicted molar refractivity (Wildman–Crippen MR) is 80.5 cm³/mol.